The van der Waals surface area contributed by atoms with Crippen molar-refractivity contribution < 1.29 is 9.53 Å². The Morgan fingerprint density at radius 1 is 1.50 bits per heavy atom. The van der Waals surface area contributed by atoms with Crippen LogP contribution in [-0.2, 0) is 9.53 Å². The lowest BCUT2D eigenvalue weighted by Crippen LogP contribution is -2.42. The molecule has 1 aliphatic rings. The molecule has 0 aliphatic carbocycles. The smallest absolute Gasteiger partial charge is 0.139 e. The van der Waals surface area contributed by atoms with Gasteiger partial charge in [-0.2, -0.15) is 0 Å². The summed E-state index contributed by atoms with van der Waals surface area (Å²) in [4.78, 5) is 10.0. The van der Waals surface area contributed by atoms with Crippen molar-refractivity contribution in [3.8, 4) is 0 Å². The van der Waals surface area contributed by atoms with Crippen molar-refractivity contribution in [1.82, 2.24) is 5.32 Å². The molecule has 0 amide bonds. The maximum Gasteiger partial charge on any atom is 0.139 e. The van der Waals surface area contributed by atoms with Gasteiger partial charge in [-0.1, -0.05) is 0 Å². The van der Waals surface area contributed by atoms with Crippen molar-refractivity contribution in [3.05, 3.63) is 0 Å². The van der Waals surface area contributed by atoms with Gasteiger partial charge in [0.1, 0.15) is 6.29 Å². The van der Waals surface area contributed by atoms with Crippen molar-refractivity contribution in [2.75, 3.05) is 19.8 Å². The third-order valence-electron chi connectivity index (χ3n) is 1.11. The molecule has 5 heteroatoms. The largest absolute Gasteiger partial charge is 0.378 e. The first-order chi connectivity index (χ1) is 3.93. The number of hydrogen-bond donors (Lipinski definition) is 1. The predicted molar refractivity (Wildman–Crippen MR) is 43.2 cm³/mol. The summed E-state index contributed by atoms with van der Waals surface area (Å²) in [6.45, 7) is 2.05. The first-order valence-corrected chi connectivity index (χ1v) is 2.70. The van der Waals surface area contributed by atoms with Gasteiger partial charge in [0.15, 0.2) is 0 Å². The Kier molecular flexibility index (Phi) is 9.33. The highest BCUT2D eigenvalue weighted by molar-refractivity contribution is 5.85. The molecule has 1 atom stereocenters. The topological polar surface area (TPSA) is 38.3 Å². The van der Waals surface area contributed by atoms with Gasteiger partial charge in [-0.05, 0) is 0 Å². The molecule has 1 unspecified atom stereocenters. The van der Waals surface area contributed by atoms with Crippen LogP contribution in [0.3, 0.4) is 0 Å². The minimum atomic E-state index is -0.0660. The van der Waals surface area contributed by atoms with Gasteiger partial charge in [0.2, 0.25) is 0 Å². The van der Waals surface area contributed by atoms with E-state index < -0.39 is 0 Å². The number of morpholine rings is 1. The zero-order chi connectivity index (χ0) is 5.82. The van der Waals surface area contributed by atoms with Crippen LogP contribution in [-0.4, -0.2) is 32.1 Å². The Hall–Kier alpha value is 0.170. The Balaban J connectivity index is 0. The molecular formula is C5H11Cl2NO2. The van der Waals surface area contributed by atoms with E-state index in [1.165, 1.54) is 0 Å². The van der Waals surface area contributed by atoms with Gasteiger partial charge in [-0.3, -0.25) is 0 Å². The molecule has 0 aromatic carbocycles. The molecule has 1 fully saturated rings. The molecule has 10 heavy (non-hydrogen) atoms. The molecule has 0 bridgehead atoms. The van der Waals surface area contributed by atoms with Crippen molar-refractivity contribution >= 4 is 31.1 Å². The summed E-state index contributed by atoms with van der Waals surface area (Å²) >= 11 is 0. The number of hydrogen-bond acceptors (Lipinski definition) is 3. The van der Waals surface area contributed by atoms with Crippen LogP contribution in [0, 0.1) is 0 Å². The van der Waals surface area contributed by atoms with E-state index in [-0.39, 0.29) is 30.9 Å². The molecule has 1 rings (SSSR count). The fraction of sp³-hybridized carbons (Fsp3) is 0.800. The van der Waals surface area contributed by atoms with Crippen LogP contribution in [0.2, 0.25) is 0 Å². The zero-order valence-electron chi connectivity index (χ0n) is 5.41. The van der Waals surface area contributed by atoms with Gasteiger partial charge in [0.05, 0.1) is 19.3 Å². The highest BCUT2D eigenvalue weighted by atomic mass is 35.5. The Labute approximate surface area is 72.3 Å². The first-order valence-electron chi connectivity index (χ1n) is 2.70. The summed E-state index contributed by atoms with van der Waals surface area (Å²) in [5.74, 6) is 0. The average molecular weight is 188 g/mol. The minimum absolute atomic E-state index is 0. The molecule has 0 radical (unpaired) electrons. The molecule has 1 saturated heterocycles. The van der Waals surface area contributed by atoms with E-state index in [1.807, 2.05) is 0 Å². The Bertz CT molecular complexity index is 85.7. The lowest BCUT2D eigenvalue weighted by Gasteiger charge is -2.17. The normalized spacial score (nSPS) is 23.8. The van der Waals surface area contributed by atoms with Crippen LogP contribution in [0.4, 0.5) is 0 Å². The molecule has 3 nitrogen and oxygen atoms in total. The molecule has 1 N–H and O–H groups in total. The maximum absolute atomic E-state index is 10.0. The average Bonchev–Trinajstić information content (AvgIpc) is 1.90. The number of aldehydes is 1. The van der Waals surface area contributed by atoms with Crippen LogP contribution in [0.15, 0.2) is 0 Å². The fourth-order valence-electron chi connectivity index (χ4n) is 0.673. The minimum Gasteiger partial charge on any atom is -0.378 e. The standard InChI is InChI=1S/C5H9NO2.2ClH/c7-3-5-4-8-2-1-6-5;;/h3,5-6H,1-2,4H2;2*1H. The van der Waals surface area contributed by atoms with E-state index >= 15 is 0 Å². The maximum atomic E-state index is 10.0. The number of nitrogens with one attached hydrogen (secondary N) is 1. The summed E-state index contributed by atoms with van der Waals surface area (Å²) in [6, 6.07) is -0.0660. The van der Waals surface area contributed by atoms with Crippen LogP contribution >= 0.6 is 24.8 Å². The quantitative estimate of drug-likeness (QED) is 0.589. The number of carbonyl (C=O) groups is 1. The predicted octanol–water partition coefficient (Wildman–Crippen LogP) is 0.0173. The highest BCUT2D eigenvalue weighted by Crippen LogP contribution is 1.87. The van der Waals surface area contributed by atoms with E-state index in [0.717, 1.165) is 19.4 Å². The van der Waals surface area contributed by atoms with Crippen LogP contribution in [0.5, 0.6) is 0 Å². The van der Waals surface area contributed by atoms with E-state index in [4.69, 9.17) is 4.74 Å². The number of halogens is 2. The number of ether oxygens (including phenoxy) is 1. The second kappa shape index (κ2) is 7.28. The molecule has 0 aromatic heterocycles. The van der Waals surface area contributed by atoms with Gasteiger partial charge < -0.3 is 14.8 Å². The Morgan fingerprint density at radius 3 is 2.50 bits per heavy atom. The van der Waals surface area contributed by atoms with Crippen LogP contribution in [0.25, 0.3) is 0 Å². The zero-order valence-corrected chi connectivity index (χ0v) is 7.04. The van der Waals surface area contributed by atoms with Crippen molar-refractivity contribution in [1.29, 1.82) is 0 Å². The SMILES string of the molecule is Cl.Cl.O=CC1COCCN1. The second-order valence-corrected chi connectivity index (χ2v) is 1.77. The van der Waals surface area contributed by atoms with Crippen molar-refractivity contribution in [2.45, 2.75) is 6.04 Å². The molecule has 1 heterocycles. The van der Waals surface area contributed by atoms with Gasteiger partial charge in [-0.15, -0.1) is 24.8 Å². The molecular weight excluding hydrogens is 177 g/mol. The van der Waals surface area contributed by atoms with E-state index in [9.17, 15) is 4.79 Å². The molecule has 62 valence electrons. The molecule has 0 spiro atoms. The summed E-state index contributed by atoms with van der Waals surface area (Å²) in [5.41, 5.74) is 0. The highest BCUT2D eigenvalue weighted by Gasteiger charge is 2.09. The van der Waals surface area contributed by atoms with Gasteiger partial charge in [0, 0.05) is 6.54 Å². The van der Waals surface area contributed by atoms with Crippen molar-refractivity contribution in [2.24, 2.45) is 0 Å². The van der Waals surface area contributed by atoms with E-state index in [1.54, 1.807) is 0 Å². The summed E-state index contributed by atoms with van der Waals surface area (Å²) in [7, 11) is 0. The summed E-state index contributed by atoms with van der Waals surface area (Å²) in [5, 5.41) is 2.98. The van der Waals surface area contributed by atoms with E-state index in [0.29, 0.717) is 6.61 Å². The van der Waals surface area contributed by atoms with Gasteiger partial charge >= 0.3 is 0 Å². The Morgan fingerprint density at radius 2 is 2.20 bits per heavy atom. The van der Waals surface area contributed by atoms with Crippen LogP contribution < -0.4 is 5.32 Å². The third-order valence-corrected chi connectivity index (χ3v) is 1.11. The number of rotatable bonds is 1. The lowest BCUT2D eigenvalue weighted by atomic mass is 10.3. The first kappa shape index (κ1) is 12.8. The molecule has 0 saturated carbocycles. The lowest BCUT2D eigenvalue weighted by molar-refractivity contribution is -0.112. The molecule has 0 aromatic rings. The van der Waals surface area contributed by atoms with Gasteiger partial charge in [-0.25, -0.2) is 0 Å². The van der Waals surface area contributed by atoms with Crippen LogP contribution in [0.1, 0.15) is 0 Å². The second-order valence-electron chi connectivity index (χ2n) is 1.77. The molecule has 1 aliphatic heterocycles. The summed E-state index contributed by atoms with van der Waals surface area (Å²) in [6.07, 6.45) is 0.874. The number of carbonyl (C=O) groups excluding carboxylic acids is 1. The monoisotopic (exact) mass is 187 g/mol. The third kappa shape index (κ3) is 4.06. The van der Waals surface area contributed by atoms with Gasteiger partial charge in [0.25, 0.3) is 0 Å². The fourth-order valence-corrected chi connectivity index (χ4v) is 0.673. The van der Waals surface area contributed by atoms with E-state index in [2.05, 4.69) is 5.32 Å². The van der Waals surface area contributed by atoms with Crippen molar-refractivity contribution in [3.63, 3.8) is 0 Å². The summed E-state index contributed by atoms with van der Waals surface area (Å²) < 4.78 is 4.98.